The van der Waals surface area contributed by atoms with Crippen molar-refractivity contribution in [3.05, 3.63) is 63.1 Å². The molecule has 4 nitrogen and oxygen atoms in total. The summed E-state index contributed by atoms with van der Waals surface area (Å²) in [5.41, 5.74) is 0.637. The Morgan fingerprint density at radius 1 is 1.06 bits per heavy atom. The monoisotopic (exact) mass is 500 g/mol. The summed E-state index contributed by atoms with van der Waals surface area (Å²) < 4.78 is 0. The van der Waals surface area contributed by atoms with Crippen molar-refractivity contribution in [1.82, 2.24) is 10.2 Å². The minimum Gasteiger partial charge on any atom is -0.354 e. The normalized spacial score (nSPS) is 11.8. The van der Waals surface area contributed by atoms with Crippen LogP contribution in [-0.2, 0) is 16.1 Å². The van der Waals surface area contributed by atoms with Crippen LogP contribution in [0.3, 0.4) is 0 Å². The number of unbranched alkanes of at least 4 members (excludes halogenated alkanes) is 1. The van der Waals surface area contributed by atoms with Gasteiger partial charge >= 0.3 is 0 Å². The lowest BCUT2D eigenvalue weighted by molar-refractivity contribution is -0.140. The number of carbonyl (C=O) groups is 2. The molecule has 2 rings (SSSR count). The lowest BCUT2D eigenvalue weighted by atomic mass is 10.1. The number of nitrogens with zero attached hydrogens (tertiary/aromatic N) is 1. The standard InChI is InChI=1S/C23H27Cl3N2O2S/c1-3-4-13-27-23(30)16(2)28(15-19-20(25)6-5-7-21(19)26)22(29)12-14-31-18-10-8-17(24)9-11-18/h5-11,16H,3-4,12-15H2,1-2H3,(H,27,30)/t16-/m1/s1. The lowest BCUT2D eigenvalue weighted by Crippen LogP contribution is -2.48. The van der Waals surface area contributed by atoms with E-state index in [0.29, 0.717) is 32.9 Å². The largest absolute Gasteiger partial charge is 0.354 e. The van der Waals surface area contributed by atoms with Crippen LogP contribution in [0.1, 0.15) is 38.7 Å². The fraction of sp³-hybridized carbons (Fsp3) is 0.391. The number of rotatable bonds is 11. The quantitative estimate of drug-likeness (QED) is 0.284. The van der Waals surface area contributed by atoms with Gasteiger partial charge in [-0.2, -0.15) is 0 Å². The van der Waals surface area contributed by atoms with Crippen LogP contribution in [0, 0.1) is 0 Å². The van der Waals surface area contributed by atoms with Gasteiger partial charge in [-0.1, -0.05) is 54.2 Å². The van der Waals surface area contributed by atoms with Crippen molar-refractivity contribution in [3.63, 3.8) is 0 Å². The molecule has 0 radical (unpaired) electrons. The number of halogens is 3. The van der Waals surface area contributed by atoms with Crippen molar-refractivity contribution in [2.24, 2.45) is 0 Å². The summed E-state index contributed by atoms with van der Waals surface area (Å²) in [6.45, 7) is 4.55. The summed E-state index contributed by atoms with van der Waals surface area (Å²) in [5, 5.41) is 4.52. The second-order valence-electron chi connectivity index (χ2n) is 7.09. The van der Waals surface area contributed by atoms with E-state index in [1.807, 2.05) is 24.3 Å². The van der Waals surface area contributed by atoms with Crippen molar-refractivity contribution >= 4 is 58.4 Å². The highest BCUT2D eigenvalue weighted by Gasteiger charge is 2.27. The van der Waals surface area contributed by atoms with Gasteiger partial charge in [0.15, 0.2) is 0 Å². The van der Waals surface area contributed by atoms with Gasteiger partial charge in [-0.25, -0.2) is 0 Å². The Balaban J connectivity index is 2.10. The average Bonchev–Trinajstić information content (AvgIpc) is 2.74. The molecule has 0 aliphatic heterocycles. The van der Waals surface area contributed by atoms with E-state index in [1.54, 1.807) is 41.8 Å². The van der Waals surface area contributed by atoms with Crippen molar-refractivity contribution in [1.29, 1.82) is 0 Å². The highest BCUT2D eigenvalue weighted by atomic mass is 35.5. The highest BCUT2D eigenvalue weighted by molar-refractivity contribution is 7.99. The van der Waals surface area contributed by atoms with Crippen molar-refractivity contribution < 1.29 is 9.59 Å². The van der Waals surface area contributed by atoms with E-state index in [2.05, 4.69) is 12.2 Å². The fourth-order valence-corrected chi connectivity index (χ4v) is 4.39. The maximum atomic E-state index is 13.1. The Morgan fingerprint density at radius 2 is 1.71 bits per heavy atom. The van der Waals surface area contributed by atoms with E-state index in [4.69, 9.17) is 34.8 Å². The van der Waals surface area contributed by atoms with Gasteiger partial charge < -0.3 is 10.2 Å². The summed E-state index contributed by atoms with van der Waals surface area (Å²) >= 11 is 20.1. The van der Waals surface area contributed by atoms with E-state index >= 15 is 0 Å². The lowest BCUT2D eigenvalue weighted by Gasteiger charge is -2.29. The average molecular weight is 502 g/mol. The van der Waals surface area contributed by atoms with Crippen LogP contribution in [-0.4, -0.2) is 35.1 Å². The molecule has 0 aliphatic carbocycles. The van der Waals surface area contributed by atoms with Crippen LogP contribution < -0.4 is 5.32 Å². The third-order valence-corrected chi connectivity index (χ3v) is 6.76. The summed E-state index contributed by atoms with van der Waals surface area (Å²) in [6.07, 6.45) is 2.15. The first-order chi connectivity index (χ1) is 14.8. The number of nitrogens with one attached hydrogen (secondary N) is 1. The van der Waals surface area contributed by atoms with Gasteiger partial charge in [0.1, 0.15) is 6.04 Å². The molecule has 2 aromatic carbocycles. The van der Waals surface area contributed by atoms with Gasteiger partial charge in [-0.3, -0.25) is 9.59 Å². The summed E-state index contributed by atoms with van der Waals surface area (Å²) in [7, 11) is 0. The molecule has 31 heavy (non-hydrogen) atoms. The van der Waals surface area contributed by atoms with E-state index in [-0.39, 0.29) is 24.8 Å². The van der Waals surface area contributed by atoms with Crippen molar-refractivity contribution in [2.75, 3.05) is 12.3 Å². The Labute approximate surface area is 203 Å². The van der Waals surface area contributed by atoms with E-state index in [9.17, 15) is 9.59 Å². The minimum absolute atomic E-state index is 0.129. The molecule has 0 heterocycles. The number of hydrogen-bond acceptors (Lipinski definition) is 3. The molecule has 2 aromatic rings. The van der Waals surface area contributed by atoms with Gasteiger partial charge in [0, 0.05) is 50.8 Å². The molecule has 0 saturated heterocycles. The zero-order chi connectivity index (χ0) is 22.8. The van der Waals surface area contributed by atoms with Crippen LogP contribution in [0.5, 0.6) is 0 Å². The Bertz CT molecular complexity index is 857. The molecule has 0 aromatic heterocycles. The van der Waals surface area contributed by atoms with Gasteiger partial charge in [0.25, 0.3) is 0 Å². The van der Waals surface area contributed by atoms with Crippen LogP contribution in [0.4, 0.5) is 0 Å². The van der Waals surface area contributed by atoms with Crippen LogP contribution >= 0.6 is 46.6 Å². The zero-order valence-electron chi connectivity index (χ0n) is 17.7. The molecule has 0 saturated carbocycles. The topological polar surface area (TPSA) is 49.4 Å². The maximum absolute atomic E-state index is 13.1. The summed E-state index contributed by atoms with van der Waals surface area (Å²) in [4.78, 5) is 28.4. The molecule has 2 amide bonds. The molecule has 0 fully saturated rings. The first kappa shape index (κ1) is 25.9. The second-order valence-corrected chi connectivity index (χ2v) is 9.51. The molecule has 0 spiro atoms. The predicted molar refractivity (Wildman–Crippen MR) is 131 cm³/mol. The Morgan fingerprint density at radius 3 is 2.32 bits per heavy atom. The van der Waals surface area contributed by atoms with E-state index < -0.39 is 6.04 Å². The molecule has 0 aliphatic rings. The fourth-order valence-electron chi connectivity index (χ4n) is 2.90. The SMILES string of the molecule is CCCCNC(=O)[C@@H](C)N(Cc1c(Cl)cccc1Cl)C(=O)CCSc1ccc(Cl)cc1. The smallest absolute Gasteiger partial charge is 0.242 e. The summed E-state index contributed by atoms with van der Waals surface area (Å²) in [5.74, 6) is 0.267. The zero-order valence-corrected chi connectivity index (χ0v) is 20.8. The number of amides is 2. The third kappa shape index (κ3) is 8.23. The highest BCUT2D eigenvalue weighted by Crippen LogP contribution is 2.27. The molecule has 1 N–H and O–H groups in total. The molecule has 1 atom stereocenters. The van der Waals surface area contributed by atoms with Gasteiger partial charge in [-0.05, 0) is 49.7 Å². The van der Waals surface area contributed by atoms with Crippen LogP contribution in [0.25, 0.3) is 0 Å². The molecule has 8 heteroatoms. The van der Waals surface area contributed by atoms with Gasteiger partial charge in [0.2, 0.25) is 11.8 Å². The minimum atomic E-state index is -0.641. The first-order valence-corrected chi connectivity index (χ1v) is 12.3. The first-order valence-electron chi connectivity index (χ1n) is 10.2. The predicted octanol–water partition coefficient (Wildman–Crippen LogP) is 6.46. The number of thioether (sulfide) groups is 1. The number of benzene rings is 2. The number of hydrogen-bond donors (Lipinski definition) is 1. The second kappa shape index (κ2) is 13.2. The van der Waals surface area contributed by atoms with Crippen LogP contribution in [0.15, 0.2) is 47.4 Å². The van der Waals surface area contributed by atoms with Crippen LogP contribution in [0.2, 0.25) is 15.1 Å². The van der Waals surface area contributed by atoms with Crippen molar-refractivity contribution in [2.45, 2.75) is 50.6 Å². The maximum Gasteiger partial charge on any atom is 0.242 e. The molecular formula is C23H27Cl3N2O2S. The molecular weight excluding hydrogens is 475 g/mol. The molecule has 0 unspecified atom stereocenters. The van der Waals surface area contributed by atoms with E-state index in [0.717, 1.165) is 17.7 Å². The Hall–Kier alpha value is -1.40. The van der Waals surface area contributed by atoms with E-state index in [1.165, 1.54) is 0 Å². The number of carbonyl (C=O) groups excluding carboxylic acids is 2. The van der Waals surface area contributed by atoms with Crippen molar-refractivity contribution in [3.8, 4) is 0 Å². The Kier molecular flexibility index (Phi) is 11.0. The summed E-state index contributed by atoms with van der Waals surface area (Å²) in [6, 6.07) is 12.0. The third-order valence-electron chi connectivity index (χ3n) is 4.79. The molecule has 0 bridgehead atoms. The molecule has 168 valence electrons. The van der Waals surface area contributed by atoms with Gasteiger partial charge in [-0.15, -0.1) is 11.8 Å². The van der Waals surface area contributed by atoms with Gasteiger partial charge in [0.05, 0.1) is 0 Å².